The van der Waals surface area contributed by atoms with Gasteiger partial charge >= 0.3 is 11.9 Å². The first kappa shape index (κ1) is 15.9. The highest BCUT2D eigenvalue weighted by Gasteiger charge is 2.24. The number of carbonyl (C=O) groups excluding carboxylic acids is 2. The first-order valence-corrected chi connectivity index (χ1v) is 6.75. The van der Waals surface area contributed by atoms with Gasteiger partial charge in [-0.15, -0.1) is 0 Å². The van der Waals surface area contributed by atoms with Crippen molar-refractivity contribution in [3.63, 3.8) is 0 Å². The van der Waals surface area contributed by atoms with Crippen LogP contribution in [0, 0.1) is 0 Å². The number of esters is 2. The molecule has 6 heteroatoms. The highest BCUT2D eigenvalue weighted by Crippen LogP contribution is 2.16. The number of rotatable bonds is 8. The molecular formula is C13H24N2O4. The lowest BCUT2D eigenvalue weighted by Crippen LogP contribution is -2.39. The number of carbonyl (C=O) groups is 2. The standard InChI is InChI=1S/C13H24N2O4/c1-18-12(16)5-7-14-10-11-4-3-8-15(11)9-6-13(17)19-2/h11,14H,3-10H2,1-2H3/t11-/m0/s1. The molecule has 0 saturated carbocycles. The number of hydrogen-bond donors (Lipinski definition) is 1. The second kappa shape index (κ2) is 8.87. The summed E-state index contributed by atoms with van der Waals surface area (Å²) < 4.78 is 9.23. The molecule has 0 spiro atoms. The van der Waals surface area contributed by atoms with Crippen LogP contribution in [-0.2, 0) is 19.1 Å². The van der Waals surface area contributed by atoms with Gasteiger partial charge < -0.3 is 14.8 Å². The molecule has 0 amide bonds. The summed E-state index contributed by atoms with van der Waals surface area (Å²) in [5, 5.41) is 3.27. The summed E-state index contributed by atoms with van der Waals surface area (Å²) >= 11 is 0. The number of nitrogens with one attached hydrogen (secondary N) is 1. The first-order chi connectivity index (χ1) is 9.17. The van der Waals surface area contributed by atoms with E-state index in [2.05, 4.69) is 19.7 Å². The highest BCUT2D eigenvalue weighted by atomic mass is 16.5. The molecule has 0 aromatic heterocycles. The molecule has 110 valence electrons. The molecule has 0 unspecified atom stereocenters. The SMILES string of the molecule is COC(=O)CCNC[C@@H]1CCCN1CCC(=O)OC. The molecule has 1 atom stereocenters. The molecule has 1 aliphatic heterocycles. The van der Waals surface area contributed by atoms with Crippen LogP contribution in [0.1, 0.15) is 25.7 Å². The monoisotopic (exact) mass is 272 g/mol. The van der Waals surface area contributed by atoms with Crippen LogP contribution in [0.2, 0.25) is 0 Å². The molecular weight excluding hydrogens is 248 g/mol. The van der Waals surface area contributed by atoms with E-state index in [0.29, 0.717) is 25.4 Å². The largest absolute Gasteiger partial charge is 0.469 e. The Morgan fingerprint density at radius 3 is 2.58 bits per heavy atom. The van der Waals surface area contributed by atoms with Crippen LogP contribution in [0.15, 0.2) is 0 Å². The number of likely N-dealkylation sites (tertiary alicyclic amines) is 1. The third kappa shape index (κ3) is 6.02. The van der Waals surface area contributed by atoms with Gasteiger partial charge in [-0.1, -0.05) is 0 Å². The summed E-state index contributed by atoms with van der Waals surface area (Å²) in [6, 6.07) is 0.447. The molecule has 1 rings (SSSR count). The van der Waals surface area contributed by atoms with E-state index in [-0.39, 0.29) is 11.9 Å². The van der Waals surface area contributed by atoms with Crippen LogP contribution in [-0.4, -0.2) is 63.3 Å². The summed E-state index contributed by atoms with van der Waals surface area (Å²) in [6.45, 7) is 3.25. The first-order valence-electron chi connectivity index (χ1n) is 6.75. The van der Waals surface area contributed by atoms with Gasteiger partial charge in [0.15, 0.2) is 0 Å². The molecule has 1 N–H and O–H groups in total. The van der Waals surface area contributed by atoms with Crippen LogP contribution in [0.3, 0.4) is 0 Å². The van der Waals surface area contributed by atoms with Crippen molar-refractivity contribution in [2.24, 2.45) is 0 Å². The maximum atomic E-state index is 11.1. The summed E-state index contributed by atoms with van der Waals surface area (Å²) in [7, 11) is 2.81. The predicted octanol–water partition coefficient (Wildman–Crippen LogP) is 0.167. The number of hydrogen-bond acceptors (Lipinski definition) is 6. The fraction of sp³-hybridized carbons (Fsp3) is 0.846. The fourth-order valence-electron chi connectivity index (χ4n) is 2.32. The topological polar surface area (TPSA) is 67.9 Å². The second-order valence-corrected chi connectivity index (χ2v) is 4.69. The van der Waals surface area contributed by atoms with Crippen molar-refractivity contribution < 1.29 is 19.1 Å². The molecule has 1 aliphatic rings. The van der Waals surface area contributed by atoms with Crippen molar-refractivity contribution in [3.05, 3.63) is 0 Å². The summed E-state index contributed by atoms with van der Waals surface area (Å²) in [6.07, 6.45) is 3.12. The van der Waals surface area contributed by atoms with Gasteiger partial charge in [0.1, 0.15) is 0 Å². The highest BCUT2D eigenvalue weighted by molar-refractivity contribution is 5.69. The van der Waals surface area contributed by atoms with Crippen molar-refractivity contribution in [3.8, 4) is 0 Å². The molecule has 0 aromatic carbocycles. The molecule has 0 aliphatic carbocycles. The van der Waals surface area contributed by atoms with Gasteiger partial charge in [-0.2, -0.15) is 0 Å². The molecule has 1 fully saturated rings. The normalized spacial score (nSPS) is 19.4. The van der Waals surface area contributed by atoms with E-state index in [1.807, 2.05) is 0 Å². The van der Waals surface area contributed by atoms with Gasteiger partial charge in [-0.05, 0) is 19.4 Å². The zero-order chi connectivity index (χ0) is 14.1. The average molecular weight is 272 g/mol. The van der Waals surface area contributed by atoms with Gasteiger partial charge in [-0.3, -0.25) is 14.5 Å². The van der Waals surface area contributed by atoms with Gasteiger partial charge in [0.25, 0.3) is 0 Å². The molecule has 1 saturated heterocycles. The van der Waals surface area contributed by atoms with Crippen molar-refractivity contribution >= 4 is 11.9 Å². The van der Waals surface area contributed by atoms with E-state index >= 15 is 0 Å². The fourth-order valence-corrected chi connectivity index (χ4v) is 2.32. The van der Waals surface area contributed by atoms with Crippen LogP contribution in [0.5, 0.6) is 0 Å². The van der Waals surface area contributed by atoms with Crippen molar-refractivity contribution in [2.75, 3.05) is 40.4 Å². The lowest BCUT2D eigenvalue weighted by atomic mass is 10.2. The lowest BCUT2D eigenvalue weighted by Gasteiger charge is -2.24. The number of methoxy groups -OCH3 is 2. The van der Waals surface area contributed by atoms with Crippen LogP contribution in [0.25, 0.3) is 0 Å². The van der Waals surface area contributed by atoms with Crippen molar-refractivity contribution in [2.45, 2.75) is 31.7 Å². The maximum Gasteiger partial charge on any atom is 0.306 e. The van der Waals surface area contributed by atoms with Gasteiger partial charge in [0.2, 0.25) is 0 Å². The van der Waals surface area contributed by atoms with Crippen molar-refractivity contribution in [1.82, 2.24) is 10.2 Å². The minimum absolute atomic E-state index is 0.163. The van der Waals surface area contributed by atoms with E-state index in [4.69, 9.17) is 0 Å². The minimum atomic E-state index is -0.193. The number of ether oxygens (including phenoxy) is 2. The molecule has 0 bridgehead atoms. The zero-order valence-electron chi connectivity index (χ0n) is 11.8. The van der Waals surface area contributed by atoms with E-state index in [1.54, 1.807) is 0 Å². The average Bonchev–Trinajstić information content (AvgIpc) is 2.88. The Bertz CT molecular complexity index is 296. The third-order valence-corrected chi connectivity index (χ3v) is 3.44. The van der Waals surface area contributed by atoms with Gasteiger partial charge in [0, 0.05) is 25.7 Å². The lowest BCUT2D eigenvalue weighted by molar-refractivity contribution is -0.141. The smallest absolute Gasteiger partial charge is 0.306 e. The Morgan fingerprint density at radius 2 is 1.89 bits per heavy atom. The second-order valence-electron chi connectivity index (χ2n) is 4.69. The van der Waals surface area contributed by atoms with Crippen molar-refractivity contribution in [1.29, 1.82) is 0 Å². The Hall–Kier alpha value is -1.14. The van der Waals surface area contributed by atoms with Crippen LogP contribution >= 0.6 is 0 Å². The Labute approximate surface area is 114 Å². The quantitative estimate of drug-likeness (QED) is 0.502. The minimum Gasteiger partial charge on any atom is -0.469 e. The summed E-state index contributed by atoms with van der Waals surface area (Å²) in [5.41, 5.74) is 0. The molecule has 19 heavy (non-hydrogen) atoms. The predicted molar refractivity (Wildman–Crippen MR) is 70.7 cm³/mol. The Kier molecular flexibility index (Phi) is 7.43. The van der Waals surface area contributed by atoms with Gasteiger partial charge in [0.05, 0.1) is 27.1 Å². The van der Waals surface area contributed by atoms with E-state index < -0.39 is 0 Å². The van der Waals surface area contributed by atoms with E-state index in [0.717, 1.165) is 32.5 Å². The number of nitrogens with zero attached hydrogens (tertiary/aromatic N) is 1. The third-order valence-electron chi connectivity index (χ3n) is 3.44. The van der Waals surface area contributed by atoms with E-state index in [1.165, 1.54) is 14.2 Å². The summed E-state index contributed by atoms with van der Waals surface area (Å²) in [4.78, 5) is 24.4. The molecule has 6 nitrogen and oxygen atoms in total. The Balaban J connectivity index is 2.17. The molecule has 0 radical (unpaired) electrons. The molecule has 1 heterocycles. The van der Waals surface area contributed by atoms with Crippen LogP contribution in [0.4, 0.5) is 0 Å². The zero-order valence-corrected chi connectivity index (χ0v) is 11.8. The van der Waals surface area contributed by atoms with E-state index in [9.17, 15) is 9.59 Å². The molecule has 0 aromatic rings. The van der Waals surface area contributed by atoms with Gasteiger partial charge in [-0.25, -0.2) is 0 Å². The summed E-state index contributed by atoms with van der Waals surface area (Å²) in [5.74, 6) is -0.356. The maximum absolute atomic E-state index is 11.1. The van der Waals surface area contributed by atoms with Crippen LogP contribution < -0.4 is 5.32 Å². The Morgan fingerprint density at radius 1 is 1.21 bits per heavy atom.